The predicted octanol–water partition coefficient (Wildman–Crippen LogP) is 2.26. The summed E-state index contributed by atoms with van der Waals surface area (Å²) in [5, 5.41) is 15.4. The molecule has 6 nitrogen and oxygen atoms in total. The van der Waals surface area contributed by atoms with Gasteiger partial charge in [-0.05, 0) is 18.6 Å². The van der Waals surface area contributed by atoms with Gasteiger partial charge in [0.05, 0.1) is 23.9 Å². The molecule has 1 N–H and O–H groups in total. The molecule has 0 amide bonds. The van der Waals surface area contributed by atoms with Crippen LogP contribution in [0.1, 0.15) is 40.2 Å². The maximum atomic E-state index is 14.6. The van der Waals surface area contributed by atoms with E-state index in [1.807, 2.05) is 0 Å². The van der Waals surface area contributed by atoms with Crippen LogP contribution in [0.3, 0.4) is 0 Å². The number of fused-ring (bicyclic) bond motifs is 3. The first kappa shape index (κ1) is 17.1. The van der Waals surface area contributed by atoms with Crippen LogP contribution in [0.4, 0.5) is 8.78 Å². The highest BCUT2D eigenvalue weighted by atomic mass is 19.3. The van der Waals surface area contributed by atoms with Gasteiger partial charge in [-0.25, -0.2) is 4.79 Å². The number of aryl methyl sites for hydroxylation is 1. The molecule has 1 atom stereocenters. The average Bonchev–Trinajstić information content (AvgIpc) is 2.93. The Balaban J connectivity index is 1.57. The Morgan fingerprint density at radius 2 is 2.04 bits per heavy atom. The van der Waals surface area contributed by atoms with E-state index in [2.05, 4.69) is 5.10 Å². The Morgan fingerprint density at radius 3 is 2.81 bits per heavy atom. The Kier molecular flexibility index (Phi) is 4.24. The fourth-order valence-electron chi connectivity index (χ4n) is 3.56. The molecular formula is C18H19F2N3O3. The van der Waals surface area contributed by atoms with E-state index in [0.717, 1.165) is 0 Å². The summed E-state index contributed by atoms with van der Waals surface area (Å²) in [4.78, 5) is 17.6. The number of aromatic nitrogens is 2. The molecule has 0 fully saturated rings. The monoisotopic (exact) mass is 363 g/mol. The molecule has 0 saturated carbocycles. The highest BCUT2D eigenvalue weighted by Crippen LogP contribution is 2.40. The molecule has 4 rings (SSSR count). The van der Waals surface area contributed by atoms with Crippen molar-refractivity contribution in [3.05, 3.63) is 52.8 Å². The van der Waals surface area contributed by atoms with Crippen molar-refractivity contribution in [2.75, 3.05) is 6.54 Å². The zero-order valence-electron chi connectivity index (χ0n) is 14.1. The van der Waals surface area contributed by atoms with Gasteiger partial charge in [0, 0.05) is 31.5 Å². The zero-order chi connectivity index (χ0) is 18.3. The molecule has 1 aromatic heterocycles. The number of nitrogens with zero attached hydrogens (tertiary/aromatic N) is 3. The number of hydrogen-bond donors (Lipinski definition) is 1. The molecule has 2 aromatic rings. The molecule has 0 radical (unpaired) electrons. The van der Waals surface area contributed by atoms with Crippen molar-refractivity contribution < 1.29 is 23.5 Å². The first-order valence-corrected chi connectivity index (χ1v) is 8.61. The Labute approximate surface area is 148 Å². The Bertz CT molecular complexity index is 823. The number of hydrogen-bond acceptors (Lipinski definition) is 5. The van der Waals surface area contributed by atoms with Crippen LogP contribution in [0.25, 0.3) is 0 Å². The number of rotatable bonds is 2. The van der Waals surface area contributed by atoms with E-state index in [1.54, 1.807) is 30.3 Å². The number of alkyl halides is 2. The van der Waals surface area contributed by atoms with Gasteiger partial charge in [-0.3, -0.25) is 4.68 Å². The van der Waals surface area contributed by atoms with E-state index >= 15 is 0 Å². The molecule has 0 bridgehead atoms. The maximum absolute atomic E-state index is 14.6. The van der Waals surface area contributed by atoms with E-state index in [1.165, 1.54) is 9.75 Å². The van der Waals surface area contributed by atoms with Gasteiger partial charge in [0.25, 0.3) is 5.92 Å². The van der Waals surface area contributed by atoms with Gasteiger partial charge in [0.1, 0.15) is 5.69 Å². The van der Waals surface area contributed by atoms with Gasteiger partial charge < -0.3 is 9.94 Å². The lowest BCUT2D eigenvalue weighted by atomic mass is 10.00. The second-order valence-electron chi connectivity index (χ2n) is 6.71. The minimum Gasteiger partial charge on any atom is -0.393 e. The maximum Gasteiger partial charge on any atom is 0.357 e. The minimum atomic E-state index is -3.16. The van der Waals surface area contributed by atoms with Crippen LogP contribution in [-0.2, 0) is 30.3 Å². The van der Waals surface area contributed by atoms with Crippen LogP contribution in [0.5, 0.6) is 0 Å². The summed E-state index contributed by atoms with van der Waals surface area (Å²) < 4.78 is 30.6. The summed E-state index contributed by atoms with van der Waals surface area (Å²) in [6.07, 6.45) is -1.00. The number of hydroxylamine groups is 2. The fraction of sp³-hybridized carbons (Fsp3) is 0.444. The molecule has 138 valence electrons. The van der Waals surface area contributed by atoms with Gasteiger partial charge in [-0.2, -0.15) is 13.9 Å². The van der Waals surface area contributed by atoms with Gasteiger partial charge in [-0.1, -0.05) is 18.2 Å². The lowest BCUT2D eigenvalue weighted by molar-refractivity contribution is -0.121. The van der Waals surface area contributed by atoms with Gasteiger partial charge in [0.2, 0.25) is 0 Å². The lowest BCUT2D eigenvalue weighted by Crippen LogP contribution is -2.34. The molecule has 0 unspecified atom stereocenters. The lowest BCUT2D eigenvalue weighted by Gasteiger charge is -2.26. The molecule has 2 aliphatic rings. The predicted molar refractivity (Wildman–Crippen MR) is 87.3 cm³/mol. The Hall–Kier alpha value is -2.32. The summed E-state index contributed by atoms with van der Waals surface area (Å²) in [5.74, 6) is -3.68. The van der Waals surface area contributed by atoms with E-state index in [0.29, 0.717) is 29.8 Å². The summed E-state index contributed by atoms with van der Waals surface area (Å²) in [7, 11) is 0. The van der Waals surface area contributed by atoms with E-state index < -0.39 is 24.4 Å². The molecule has 2 aliphatic heterocycles. The highest BCUT2D eigenvalue weighted by Gasteiger charge is 2.44. The number of carbonyl (C=O) groups excluding carboxylic acids is 1. The molecule has 3 heterocycles. The minimum absolute atomic E-state index is 0.0644. The quantitative estimate of drug-likeness (QED) is 0.887. The van der Waals surface area contributed by atoms with Crippen LogP contribution in [0, 0.1) is 0 Å². The van der Waals surface area contributed by atoms with Crippen molar-refractivity contribution in [3.63, 3.8) is 0 Å². The van der Waals surface area contributed by atoms with Crippen LogP contribution in [-0.4, -0.2) is 38.6 Å². The van der Waals surface area contributed by atoms with Crippen molar-refractivity contribution in [2.45, 2.75) is 44.4 Å². The SMILES string of the molecule is O=C(ON1CCc2nn3c(c2C1)C(F)(F)C[C@@H](O)CC3)c1ccccc1. The third-order valence-corrected chi connectivity index (χ3v) is 4.80. The van der Waals surface area contributed by atoms with Crippen molar-refractivity contribution in [1.29, 1.82) is 0 Å². The molecule has 0 aliphatic carbocycles. The van der Waals surface area contributed by atoms with Crippen molar-refractivity contribution >= 4 is 5.97 Å². The van der Waals surface area contributed by atoms with Gasteiger partial charge in [0.15, 0.2) is 0 Å². The van der Waals surface area contributed by atoms with Crippen LogP contribution in [0.15, 0.2) is 30.3 Å². The van der Waals surface area contributed by atoms with E-state index in [9.17, 15) is 18.7 Å². The first-order valence-electron chi connectivity index (χ1n) is 8.61. The van der Waals surface area contributed by atoms with Gasteiger partial charge >= 0.3 is 5.97 Å². The summed E-state index contributed by atoms with van der Waals surface area (Å²) in [6.45, 7) is 0.716. The third-order valence-electron chi connectivity index (χ3n) is 4.80. The molecular weight excluding hydrogens is 344 g/mol. The number of carbonyl (C=O) groups is 1. The van der Waals surface area contributed by atoms with E-state index in [4.69, 9.17) is 4.84 Å². The largest absolute Gasteiger partial charge is 0.393 e. The number of benzene rings is 1. The zero-order valence-corrected chi connectivity index (χ0v) is 14.1. The molecule has 8 heteroatoms. The standard InChI is InChI=1S/C18H19F2N3O3/c19-18(20)10-13(24)6-9-23-16(18)14-11-22(8-7-15(14)21-23)26-17(25)12-4-2-1-3-5-12/h1-5,13,24H,6-11H2/t13-/m0/s1. The van der Waals surface area contributed by atoms with Gasteiger partial charge in [-0.15, -0.1) is 5.06 Å². The molecule has 26 heavy (non-hydrogen) atoms. The third kappa shape index (κ3) is 3.10. The van der Waals surface area contributed by atoms with Crippen molar-refractivity contribution in [3.8, 4) is 0 Å². The normalized spacial score (nSPS) is 22.2. The molecule has 0 spiro atoms. The number of aliphatic hydroxyl groups is 1. The average molecular weight is 363 g/mol. The second-order valence-corrected chi connectivity index (χ2v) is 6.71. The van der Waals surface area contributed by atoms with Crippen LogP contribution < -0.4 is 0 Å². The van der Waals surface area contributed by atoms with Crippen LogP contribution >= 0.6 is 0 Å². The summed E-state index contributed by atoms with van der Waals surface area (Å²) in [5.41, 5.74) is 1.25. The number of halogens is 2. The summed E-state index contributed by atoms with van der Waals surface area (Å²) in [6, 6.07) is 8.53. The highest BCUT2D eigenvalue weighted by molar-refractivity contribution is 5.89. The first-order chi connectivity index (χ1) is 12.4. The van der Waals surface area contributed by atoms with E-state index in [-0.39, 0.29) is 25.2 Å². The van der Waals surface area contributed by atoms with Crippen LogP contribution in [0.2, 0.25) is 0 Å². The second kappa shape index (κ2) is 6.44. The Morgan fingerprint density at radius 1 is 1.27 bits per heavy atom. The smallest absolute Gasteiger partial charge is 0.357 e. The number of aliphatic hydroxyl groups excluding tert-OH is 1. The fourth-order valence-corrected chi connectivity index (χ4v) is 3.56. The van der Waals surface area contributed by atoms with Crippen molar-refractivity contribution in [1.82, 2.24) is 14.8 Å². The topological polar surface area (TPSA) is 67.6 Å². The van der Waals surface area contributed by atoms with Crippen molar-refractivity contribution in [2.24, 2.45) is 0 Å². The summed E-state index contributed by atoms with van der Waals surface area (Å²) >= 11 is 0. The molecule has 1 aromatic carbocycles. The molecule has 0 saturated heterocycles.